The van der Waals surface area contributed by atoms with E-state index in [0.29, 0.717) is 10.2 Å². The number of nitrogens with one attached hydrogen (secondary N) is 1. The first-order chi connectivity index (χ1) is 9.35. The number of halogens is 1. The van der Waals surface area contributed by atoms with Gasteiger partial charge in [0.2, 0.25) is 0 Å². The van der Waals surface area contributed by atoms with Crippen molar-refractivity contribution in [1.82, 2.24) is 4.90 Å². The number of hydrogen-bond donors (Lipinski definition) is 2. The molecule has 7 heteroatoms. The maximum absolute atomic E-state index is 12.1. The topological polar surface area (TPSA) is 69.6 Å². The summed E-state index contributed by atoms with van der Waals surface area (Å²) in [5, 5.41) is 11.7. The highest BCUT2D eigenvalue weighted by Crippen LogP contribution is 2.20. The number of hydrogen-bond acceptors (Lipinski definition) is 3. The molecule has 0 aliphatic rings. The number of carbonyl (C=O) groups is 2. The van der Waals surface area contributed by atoms with Gasteiger partial charge in [0, 0.05) is 29.0 Å². The molecule has 0 aliphatic heterocycles. The number of anilines is 1. The van der Waals surface area contributed by atoms with Crippen LogP contribution in [0.2, 0.25) is 0 Å². The lowest BCUT2D eigenvalue weighted by Gasteiger charge is -2.24. The van der Waals surface area contributed by atoms with Crippen LogP contribution in [-0.4, -0.2) is 47.1 Å². The van der Waals surface area contributed by atoms with E-state index in [1.165, 1.54) is 12.1 Å². The van der Waals surface area contributed by atoms with Gasteiger partial charge >= 0.3 is 12.0 Å². The van der Waals surface area contributed by atoms with E-state index in [9.17, 15) is 9.59 Å². The number of urea groups is 1. The van der Waals surface area contributed by atoms with Crippen LogP contribution in [0.4, 0.5) is 10.5 Å². The van der Waals surface area contributed by atoms with Gasteiger partial charge in [-0.1, -0.05) is 15.9 Å². The van der Waals surface area contributed by atoms with Crippen molar-refractivity contribution in [2.75, 3.05) is 24.4 Å². The van der Waals surface area contributed by atoms with Gasteiger partial charge < -0.3 is 15.3 Å². The molecule has 0 aromatic heterocycles. The number of carboxylic acid groups (broad SMARTS) is 1. The fraction of sp³-hybridized carbons (Fsp3) is 0.385. The third-order valence-electron chi connectivity index (χ3n) is 2.79. The highest BCUT2D eigenvalue weighted by atomic mass is 79.9. The van der Waals surface area contributed by atoms with Crippen LogP contribution in [0.5, 0.6) is 0 Å². The maximum atomic E-state index is 12.1. The molecule has 1 atom stereocenters. The molecule has 2 amide bonds. The quantitative estimate of drug-likeness (QED) is 0.844. The molecule has 0 bridgehead atoms. The summed E-state index contributed by atoms with van der Waals surface area (Å²) in [5.41, 5.74) is 0.569. The van der Waals surface area contributed by atoms with Crippen molar-refractivity contribution in [3.05, 3.63) is 28.2 Å². The third-order valence-corrected chi connectivity index (χ3v) is 4.06. The SMILES string of the molecule is CSCC(C)N(C)C(=O)Nc1cc(Br)cc(C(=O)O)c1. The zero-order chi connectivity index (χ0) is 15.3. The second-order valence-electron chi connectivity index (χ2n) is 4.38. The number of benzene rings is 1. The number of carbonyl (C=O) groups excluding carboxylic acids is 1. The Bertz CT molecular complexity index is 510. The predicted molar refractivity (Wildman–Crippen MR) is 85.7 cm³/mol. The molecule has 0 radical (unpaired) electrons. The Morgan fingerprint density at radius 3 is 2.65 bits per heavy atom. The number of carboxylic acids is 1. The minimum Gasteiger partial charge on any atom is -0.478 e. The summed E-state index contributed by atoms with van der Waals surface area (Å²) < 4.78 is 0.604. The minimum absolute atomic E-state index is 0.0936. The summed E-state index contributed by atoms with van der Waals surface area (Å²) in [6.45, 7) is 1.96. The van der Waals surface area contributed by atoms with Crippen LogP contribution in [0, 0.1) is 0 Å². The molecule has 2 N–H and O–H groups in total. The minimum atomic E-state index is -1.04. The Kier molecular flexibility index (Phi) is 6.35. The Morgan fingerprint density at radius 2 is 2.10 bits per heavy atom. The fourth-order valence-corrected chi connectivity index (χ4v) is 2.75. The van der Waals surface area contributed by atoms with Crippen molar-refractivity contribution in [1.29, 1.82) is 0 Å². The van der Waals surface area contributed by atoms with E-state index in [1.807, 2.05) is 13.2 Å². The Morgan fingerprint density at radius 1 is 1.45 bits per heavy atom. The number of rotatable bonds is 5. The Hall–Kier alpha value is -1.21. The summed E-state index contributed by atoms with van der Waals surface area (Å²) in [7, 11) is 1.71. The zero-order valence-corrected chi connectivity index (χ0v) is 13.9. The second kappa shape index (κ2) is 7.54. The van der Waals surface area contributed by atoms with Crippen molar-refractivity contribution in [2.24, 2.45) is 0 Å². The van der Waals surface area contributed by atoms with Crippen LogP contribution < -0.4 is 5.32 Å². The first kappa shape index (κ1) is 16.8. The zero-order valence-electron chi connectivity index (χ0n) is 11.5. The summed E-state index contributed by atoms with van der Waals surface area (Å²) in [4.78, 5) is 24.6. The van der Waals surface area contributed by atoms with Crippen LogP contribution in [0.25, 0.3) is 0 Å². The first-order valence-electron chi connectivity index (χ1n) is 5.91. The van der Waals surface area contributed by atoms with Gasteiger partial charge in [-0.25, -0.2) is 9.59 Å². The number of aromatic carboxylic acids is 1. The van der Waals surface area contributed by atoms with Gasteiger partial charge in [0.25, 0.3) is 0 Å². The van der Waals surface area contributed by atoms with Crippen molar-refractivity contribution in [3.8, 4) is 0 Å². The predicted octanol–water partition coefficient (Wildman–Crippen LogP) is 3.36. The van der Waals surface area contributed by atoms with Gasteiger partial charge in [0.05, 0.1) is 5.56 Å². The molecule has 1 aromatic rings. The average Bonchev–Trinajstić information content (AvgIpc) is 2.37. The van der Waals surface area contributed by atoms with E-state index in [4.69, 9.17) is 5.11 Å². The van der Waals surface area contributed by atoms with E-state index < -0.39 is 5.97 Å². The molecule has 1 rings (SSSR count). The highest BCUT2D eigenvalue weighted by Gasteiger charge is 2.16. The van der Waals surface area contributed by atoms with Gasteiger partial charge in [-0.05, 0) is 31.4 Å². The monoisotopic (exact) mass is 360 g/mol. The van der Waals surface area contributed by atoms with E-state index in [-0.39, 0.29) is 17.6 Å². The maximum Gasteiger partial charge on any atom is 0.335 e. The lowest BCUT2D eigenvalue weighted by atomic mass is 10.2. The lowest BCUT2D eigenvalue weighted by Crippen LogP contribution is -2.39. The van der Waals surface area contributed by atoms with Crippen LogP contribution >= 0.6 is 27.7 Å². The highest BCUT2D eigenvalue weighted by molar-refractivity contribution is 9.10. The molecular weight excluding hydrogens is 344 g/mol. The van der Waals surface area contributed by atoms with E-state index >= 15 is 0 Å². The molecule has 0 heterocycles. The van der Waals surface area contributed by atoms with Crippen LogP contribution in [0.1, 0.15) is 17.3 Å². The summed E-state index contributed by atoms with van der Waals surface area (Å²) in [6, 6.07) is 4.41. The Labute approximate surface area is 130 Å². The van der Waals surface area contributed by atoms with Gasteiger partial charge in [-0.15, -0.1) is 0 Å². The Balaban J connectivity index is 2.82. The standard InChI is InChI=1S/C13H17BrN2O3S/c1-8(7-20-3)16(2)13(19)15-11-5-9(12(17)18)4-10(14)6-11/h4-6,8H,7H2,1-3H3,(H,15,19)(H,17,18). The van der Waals surface area contributed by atoms with E-state index in [0.717, 1.165) is 5.75 Å². The molecule has 1 unspecified atom stereocenters. The molecule has 5 nitrogen and oxygen atoms in total. The largest absolute Gasteiger partial charge is 0.478 e. The molecule has 0 spiro atoms. The van der Waals surface area contributed by atoms with Gasteiger partial charge in [-0.3, -0.25) is 0 Å². The number of thioether (sulfide) groups is 1. The second-order valence-corrected chi connectivity index (χ2v) is 6.21. The van der Waals surface area contributed by atoms with Crippen LogP contribution in [0.15, 0.2) is 22.7 Å². The van der Waals surface area contributed by atoms with Crippen LogP contribution in [-0.2, 0) is 0 Å². The number of amides is 2. The van der Waals surface area contributed by atoms with Crippen molar-refractivity contribution < 1.29 is 14.7 Å². The summed E-state index contributed by atoms with van der Waals surface area (Å²) in [5.74, 6) is -0.200. The molecule has 20 heavy (non-hydrogen) atoms. The fourth-order valence-electron chi connectivity index (χ4n) is 1.55. The number of nitrogens with zero attached hydrogens (tertiary/aromatic N) is 1. The molecule has 0 aliphatic carbocycles. The molecule has 0 saturated heterocycles. The summed E-state index contributed by atoms with van der Waals surface area (Å²) >= 11 is 4.89. The van der Waals surface area contributed by atoms with Crippen LogP contribution in [0.3, 0.4) is 0 Å². The van der Waals surface area contributed by atoms with Crippen molar-refractivity contribution >= 4 is 45.4 Å². The van der Waals surface area contributed by atoms with Crippen molar-refractivity contribution in [3.63, 3.8) is 0 Å². The smallest absolute Gasteiger partial charge is 0.335 e. The van der Waals surface area contributed by atoms with E-state index in [1.54, 1.807) is 29.8 Å². The van der Waals surface area contributed by atoms with Crippen molar-refractivity contribution in [2.45, 2.75) is 13.0 Å². The van der Waals surface area contributed by atoms with E-state index in [2.05, 4.69) is 21.2 Å². The van der Waals surface area contributed by atoms with Gasteiger partial charge in [0.15, 0.2) is 0 Å². The molecule has 110 valence electrons. The molecular formula is C13H17BrN2O3S. The average molecular weight is 361 g/mol. The normalized spacial score (nSPS) is 11.8. The van der Waals surface area contributed by atoms with Gasteiger partial charge in [0.1, 0.15) is 0 Å². The summed E-state index contributed by atoms with van der Waals surface area (Å²) in [6.07, 6.45) is 1.98. The lowest BCUT2D eigenvalue weighted by molar-refractivity contribution is 0.0696. The first-order valence-corrected chi connectivity index (χ1v) is 8.10. The van der Waals surface area contributed by atoms with Gasteiger partial charge in [-0.2, -0.15) is 11.8 Å². The molecule has 0 fully saturated rings. The molecule has 1 aromatic carbocycles. The molecule has 0 saturated carbocycles. The third kappa shape index (κ3) is 4.72.